The van der Waals surface area contributed by atoms with Gasteiger partial charge in [0.1, 0.15) is 0 Å². The lowest BCUT2D eigenvalue weighted by Crippen LogP contribution is -2.29. The minimum Gasteiger partial charge on any atom is -0.466 e. The number of nitrogens with zero attached hydrogens (tertiary/aromatic N) is 1. The molecule has 0 saturated heterocycles. The number of aromatic nitrogens is 1. The minimum absolute atomic E-state index is 0.321. The quantitative estimate of drug-likeness (QED) is 0.462. The van der Waals surface area contributed by atoms with Gasteiger partial charge in [0.15, 0.2) is 0 Å². The Hall–Kier alpha value is -2.85. The highest BCUT2D eigenvalue weighted by Crippen LogP contribution is 2.36. The van der Waals surface area contributed by atoms with Crippen LogP contribution >= 0.6 is 0 Å². The number of methoxy groups -OCH3 is 1. The zero-order valence-electron chi connectivity index (χ0n) is 17.2. The maximum absolute atomic E-state index is 11.3. The molecule has 1 unspecified atom stereocenters. The lowest BCUT2D eigenvalue weighted by atomic mass is 10.0. The van der Waals surface area contributed by atoms with Crippen LogP contribution in [0.15, 0.2) is 54.7 Å². The SMILES string of the molecule is CCN(CCc1c[nH]c2ccccc12)C1CCc2cc(/C=C/C(=O)OC)ccc21. The third-order valence-corrected chi connectivity index (χ3v) is 6.02. The van der Waals surface area contributed by atoms with Gasteiger partial charge in [-0.15, -0.1) is 0 Å². The van der Waals surface area contributed by atoms with Crippen LogP contribution in [-0.2, 0) is 22.4 Å². The third-order valence-electron chi connectivity index (χ3n) is 6.02. The average molecular weight is 389 g/mol. The van der Waals surface area contributed by atoms with E-state index < -0.39 is 0 Å². The molecule has 3 aromatic rings. The molecule has 1 N–H and O–H groups in total. The number of carbonyl (C=O) groups is 1. The van der Waals surface area contributed by atoms with Crippen LogP contribution in [0.5, 0.6) is 0 Å². The highest BCUT2D eigenvalue weighted by atomic mass is 16.5. The Bertz CT molecular complexity index is 1030. The van der Waals surface area contributed by atoms with Crippen molar-refractivity contribution < 1.29 is 9.53 Å². The maximum Gasteiger partial charge on any atom is 0.330 e. The average Bonchev–Trinajstić information content (AvgIpc) is 3.37. The number of carbonyl (C=O) groups excluding carboxylic acids is 1. The van der Waals surface area contributed by atoms with E-state index in [0.717, 1.165) is 37.9 Å². The molecule has 1 aliphatic rings. The van der Waals surface area contributed by atoms with Crippen LogP contribution < -0.4 is 0 Å². The summed E-state index contributed by atoms with van der Waals surface area (Å²) < 4.78 is 4.68. The normalized spacial score (nSPS) is 16.0. The summed E-state index contributed by atoms with van der Waals surface area (Å²) in [4.78, 5) is 17.3. The van der Waals surface area contributed by atoms with E-state index in [2.05, 4.69) is 70.2 Å². The first-order valence-corrected chi connectivity index (χ1v) is 10.4. The van der Waals surface area contributed by atoms with Gasteiger partial charge < -0.3 is 9.72 Å². The number of hydrogen-bond acceptors (Lipinski definition) is 3. The van der Waals surface area contributed by atoms with Crippen molar-refractivity contribution in [3.05, 3.63) is 77.0 Å². The predicted octanol–water partition coefficient (Wildman–Crippen LogP) is 4.91. The van der Waals surface area contributed by atoms with E-state index in [1.807, 2.05) is 6.08 Å². The van der Waals surface area contributed by atoms with Crippen LogP contribution in [0.4, 0.5) is 0 Å². The number of hydrogen-bond donors (Lipinski definition) is 1. The number of esters is 1. The van der Waals surface area contributed by atoms with Gasteiger partial charge in [-0.05, 0) is 60.2 Å². The molecule has 2 aromatic carbocycles. The molecule has 4 heteroatoms. The smallest absolute Gasteiger partial charge is 0.330 e. The summed E-state index contributed by atoms with van der Waals surface area (Å²) in [5.41, 5.74) is 6.48. The van der Waals surface area contributed by atoms with Crippen LogP contribution in [0, 0.1) is 0 Å². The number of ether oxygens (including phenoxy) is 1. The monoisotopic (exact) mass is 388 g/mol. The number of nitrogens with one attached hydrogen (secondary N) is 1. The highest BCUT2D eigenvalue weighted by Gasteiger charge is 2.27. The van der Waals surface area contributed by atoms with Crippen LogP contribution in [-0.4, -0.2) is 36.1 Å². The van der Waals surface area contributed by atoms with E-state index in [4.69, 9.17) is 0 Å². The molecule has 29 heavy (non-hydrogen) atoms. The second kappa shape index (κ2) is 8.66. The topological polar surface area (TPSA) is 45.3 Å². The van der Waals surface area contributed by atoms with Crippen molar-refractivity contribution in [3.8, 4) is 0 Å². The molecular formula is C25H28N2O2. The number of benzene rings is 2. The van der Waals surface area contributed by atoms with Gasteiger partial charge in [0.2, 0.25) is 0 Å². The van der Waals surface area contributed by atoms with E-state index in [9.17, 15) is 4.79 Å². The summed E-state index contributed by atoms with van der Waals surface area (Å²) in [6, 6.07) is 15.5. The molecule has 0 spiro atoms. The number of fused-ring (bicyclic) bond motifs is 2. The Morgan fingerprint density at radius 3 is 2.97 bits per heavy atom. The number of rotatable bonds is 7. The van der Waals surface area contributed by atoms with Gasteiger partial charge in [0.05, 0.1) is 7.11 Å². The van der Waals surface area contributed by atoms with Crippen molar-refractivity contribution in [2.75, 3.05) is 20.2 Å². The number of para-hydroxylation sites is 1. The Morgan fingerprint density at radius 1 is 1.28 bits per heavy atom. The van der Waals surface area contributed by atoms with Crippen molar-refractivity contribution in [2.24, 2.45) is 0 Å². The molecule has 1 aliphatic carbocycles. The molecule has 0 fully saturated rings. The maximum atomic E-state index is 11.3. The minimum atomic E-state index is -0.321. The number of likely N-dealkylation sites (N-methyl/N-ethyl adjacent to an activating group) is 1. The van der Waals surface area contributed by atoms with E-state index >= 15 is 0 Å². The van der Waals surface area contributed by atoms with Gasteiger partial charge in [-0.1, -0.05) is 43.3 Å². The summed E-state index contributed by atoms with van der Waals surface area (Å²) in [5, 5.41) is 1.33. The van der Waals surface area contributed by atoms with Gasteiger partial charge in [-0.25, -0.2) is 4.79 Å². The van der Waals surface area contributed by atoms with Gasteiger partial charge in [-0.2, -0.15) is 0 Å². The fourth-order valence-corrected chi connectivity index (χ4v) is 4.47. The zero-order chi connectivity index (χ0) is 20.2. The first kappa shape index (κ1) is 19.5. The molecule has 4 nitrogen and oxygen atoms in total. The summed E-state index contributed by atoms with van der Waals surface area (Å²) in [5.74, 6) is -0.321. The summed E-state index contributed by atoms with van der Waals surface area (Å²) in [6.07, 6.45) is 8.75. The van der Waals surface area contributed by atoms with E-state index in [-0.39, 0.29) is 5.97 Å². The van der Waals surface area contributed by atoms with Crippen molar-refractivity contribution in [1.29, 1.82) is 0 Å². The molecule has 1 heterocycles. The molecule has 0 bridgehead atoms. The van der Waals surface area contributed by atoms with Crippen molar-refractivity contribution >= 4 is 22.9 Å². The Kier molecular flexibility index (Phi) is 5.81. The molecular weight excluding hydrogens is 360 g/mol. The van der Waals surface area contributed by atoms with Gasteiger partial charge in [0.25, 0.3) is 0 Å². The van der Waals surface area contributed by atoms with E-state index in [1.165, 1.54) is 40.8 Å². The first-order valence-electron chi connectivity index (χ1n) is 10.4. The second-order valence-electron chi connectivity index (χ2n) is 7.61. The van der Waals surface area contributed by atoms with E-state index in [1.54, 1.807) is 0 Å². The first-order chi connectivity index (χ1) is 14.2. The predicted molar refractivity (Wildman–Crippen MR) is 118 cm³/mol. The molecule has 4 rings (SSSR count). The van der Waals surface area contributed by atoms with Crippen LogP contribution in [0.25, 0.3) is 17.0 Å². The highest BCUT2D eigenvalue weighted by molar-refractivity contribution is 5.87. The van der Waals surface area contributed by atoms with Crippen molar-refractivity contribution in [1.82, 2.24) is 9.88 Å². The fourth-order valence-electron chi connectivity index (χ4n) is 4.47. The molecule has 0 saturated carbocycles. The number of H-pyrrole nitrogens is 1. The second-order valence-corrected chi connectivity index (χ2v) is 7.61. The Labute approximate surface area is 172 Å². The molecule has 150 valence electrons. The lowest BCUT2D eigenvalue weighted by molar-refractivity contribution is -0.134. The fraction of sp³-hybridized carbons (Fsp3) is 0.320. The summed E-state index contributed by atoms with van der Waals surface area (Å²) in [6.45, 7) is 4.34. The third kappa shape index (κ3) is 4.13. The van der Waals surface area contributed by atoms with Gasteiger partial charge in [-0.3, -0.25) is 4.90 Å². The van der Waals surface area contributed by atoms with E-state index in [0.29, 0.717) is 6.04 Å². The van der Waals surface area contributed by atoms with Gasteiger partial charge >= 0.3 is 5.97 Å². The molecule has 0 amide bonds. The number of aryl methyl sites for hydroxylation is 1. The molecule has 0 aliphatic heterocycles. The zero-order valence-corrected chi connectivity index (χ0v) is 17.2. The molecule has 1 atom stereocenters. The van der Waals surface area contributed by atoms with Crippen LogP contribution in [0.2, 0.25) is 0 Å². The van der Waals surface area contributed by atoms with Gasteiger partial charge in [0, 0.05) is 35.8 Å². The number of aromatic amines is 1. The molecule has 0 radical (unpaired) electrons. The lowest BCUT2D eigenvalue weighted by Gasteiger charge is -2.28. The summed E-state index contributed by atoms with van der Waals surface area (Å²) >= 11 is 0. The van der Waals surface area contributed by atoms with Crippen LogP contribution in [0.3, 0.4) is 0 Å². The largest absolute Gasteiger partial charge is 0.466 e. The summed E-state index contributed by atoms with van der Waals surface area (Å²) in [7, 11) is 1.40. The Morgan fingerprint density at radius 2 is 2.14 bits per heavy atom. The molecule has 1 aromatic heterocycles. The van der Waals surface area contributed by atoms with Crippen LogP contribution in [0.1, 0.15) is 41.6 Å². The standard InChI is InChI=1S/C25H28N2O2/c1-3-27(15-14-20-17-26-23-7-5-4-6-21(20)23)24-12-10-19-16-18(8-11-22(19)24)9-13-25(28)29-2/h4-9,11,13,16-17,24,26H,3,10,12,14-15H2,1-2H3/b13-9+. The van der Waals surface area contributed by atoms with Crippen molar-refractivity contribution in [3.63, 3.8) is 0 Å². The Balaban J connectivity index is 1.47. The van der Waals surface area contributed by atoms with Crippen molar-refractivity contribution in [2.45, 2.75) is 32.2 Å².